The van der Waals surface area contributed by atoms with E-state index < -0.39 is 0 Å². The first kappa shape index (κ1) is 9.98. The van der Waals surface area contributed by atoms with Crippen molar-refractivity contribution in [3.63, 3.8) is 0 Å². The van der Waals surface area contributed by atoms with Crippen molar-refractivity contribution < 1.29 is 4.42 Å². The van der Waals surface area contributed by atoms with Crippen molar-refractivity contribution >= 4 is 0 Å². The molecule has 2 rings (SSSR count). The fourth-order valence-electron chi connectivity index (χ4n) is 1.63. The smallest absolute Gasteiger partial charge is 0.137 e. The Hall–Kier alpha value is -1.55. The number of nitrogens with one attached hydrogen (secondary N) is 1. The molecule has 0 saturated heterocycles. The number of rotatable bonds is 3. The third-order valence-electron chi connectivity index (χ3n) is 2.29. The van der Waals surface area contributed by atoms with Crippen molar-refractivity contribution in [3.05, 3.63) is 29.8 Å². The highest BCUT2D eigenvalue weighted by atomic mass is 16.3. The number of aromatic nitrogens is 2. The number of nitrogens with zero attached hydrogens (tertiary/aromatic N) is 2. The molecule has 0 saturated carbocycles. The zero-order chi connectivity index (χ0) is 10.8. The molecule has 15 heavy (non-hydrogen) atoms. The van der Waals surface area contributed by atoms with E-state index in [1.165, 1.54) is 0 Å². The van der Waals surface area contributed by atoms with E-state index in [4.69, 9.17) is 4.42 Å². The first-order valence-electron chi connectivity index (χ1n) is 4.94. The Morgan fingerprint density at radius 2 is 2.27 bits per heavy atom. The summed E-state index contributed by atoms with van der Waals surface area (Å²) in [6, 6.07) is 3.97. The van der Waals surface area contributed by atoms with Crippen LogP contribution in [0.25, 0.3) is 11.3 Å². The monoisotopic (exact) mass is 205 g/mol. The normalized spacial score (nSPS) is 10.9. The highest BCUT2D eigenvalue weighted by Crippen LogP contribution is 2.24. The second kappa shape index (κ2) is 3.90. The summed E-state index contributed by atoms with van der Waals surface area (Å²) in [6.45, 7) is 2.73. The maximum Gasteiger partial charge on any atom is 0.137 e. The van der Waals surface area contributed by atoms with Crippen molar-refractivity contribution in [2.24, 2.45) is 7.05 Å². The van der Waals surface area contributed by atoms with E-state index in [-0.39, 0.29) is 0 Å². The largest absolute Gasteiger partial charge is 0.460 e. The summed E-state index contributed by atoms with van der Waals surface area (Å²) in [6.07, 6.45) is 1.97. The molecule has 1 N–H and O–H groups in total. The molecule has 0 spiro atoms. The van der Waals surface area contributed by atoms with Gasteiger partial charge in [-0.15, -0.1) is 0 Å². The van der Waals surface area contributed by atoms with Gasteiger partial charge in [0.05, 0.1) is 17.8 Å². The molecule has 0 amide bonds. The third-order valence-corrected chi connectivity index (χ3v) is 2.29. The van der Waals surface area contributed by atoms with Crippen LogP contribution in [0.4, 0.5) is 0 Å². The zero-order valence-corrected chi connectivity index (χ0v) is 9.24. The van der Waals surface area contributed by atoms with Gasteiger partial charge in [-0.25, -0.2) is 0 Å². The molecule has 2 aromatic rings. The molecule has 0 bridgehead atoms. The maximum absolute atomic E-state index is 5.69. The lowest BCUT2D eigenvalue weighted by molar-refractivity contribution is 0.507. The molecule has 4 nitrogen and oxygen atoms in total. The Morgan fingerprint density at radius 3 is 2.87 bits per heavy atom. The lowest BCUT2D eigenvalue weighted by atomic mass is 10.2. The standard InChI is InChI=1S/C11H15N3O/c1-8-10(7-14(3)13-8)11-5-4-9(15-11)6-12-2/h4-5,7,12H,6H2,1-3H3. The van der Waals surface area contributed by atoms with Crippen LogP contribution < -0.4 is 5.32 Å². The van der Waals surface area contributed by atoms with Gasteiger partial charge in [0.15, 0.2) is 0 Å². The summed E-state index contributed by atoms with van der Waals surface area (Å²) in [7, 11) is 3.81. The second-order valence-electron chi connectivity index (χ2n) is 3.60. The van der Waals surface area contributed by atoms with Crippen LogP contribution in [0.1, 0.15) is 11.5 Å². The van der Waals surface area contributed by atoms with Crippen LogP contribution in [0.5, 0.6) is 0 Å². The van der Waals surface area contributed by atoms with Crippen molar-refractivity contribution in [1.29, 1.82) is 0 Å². The predicted octanol–water partition coefficient (Wildman–Crippen LogP) is 1.71. The molecule has 2 aromatic heterocycles. The van der Waals surface area contributed by atoms with Gasteiger partial charge in [0.1, 0.15) is 11.5 Å². The van der Waals surface area contributed by atoms with E-state index in [9.17, 15) is 0 Å². The van der Waals surface area contributed by atoms with Crippen LogP contribution in [-0.4, -0.2) is 16.8 Å². The van der Waals surface area contributed by atoms with Gasteiger partial charge in [-0.05, 0) is 26.1 Å². The van der Waals surface area contributed by atoms with Crippen LogP contribution in [-0.2, 0) is 13.6 Å². The molecule has 0 aliphatic carbocycles. The Bertz CT molecular complexity index is 456. The van der Waals surface area contributed by atoms with Gasteiger partial charge in [0, 0.05) is 13.2 Å². The second-order valence-corrected chi connectivity index (χ2v) is 3.60. The van der Waals surface area contributed by atoms with Crippen LogP contribution in [0, 0.1) is 6.92 Å². The van der Waals surface area contributed by atoms with Crippen molar-refractivity contribution in [2.45, 2.75) is 13.5 Å². The molecule has 0 unspecified atom stereocenters. The molecule has 2 heterocycles. The molecular formula is C11H15N3O. The van der Waals surface area contributed by atoms with Gasteiger partial charge < -0.3 is 9.73 Å². The van der Waals surface area contributed by atoms with E-state index in [1.54, 1.807) is 4.68 Å². The number of aryl methyl sites for hydroxylation is 2. The van der Waals surface area contributed by atoms with Gasteiger partial charge in [-0.2, -0.15) is 5.10 Å². The van der Waals surface area contributed by atoms with E-state index >= 15 is 0 Å². The predicted molar refractivity (Wildman–Crippen MR) is 58.4 cm³/mol. The minimum atomic E-state index is 0.749. The molecule has 0 atom stereocenters. The van der Waals surface area contributed by atoms with Crippen LogP contribution in [0.15, 0.2) is 22.7 Å². The average molecular weight is 205 g/mol. The van der Waals surface area contributed by atoms with E-state index in [0.717, 1.165) is 29.3 Å². The minimum Gasteiger partial charge on any atom is -0.460 e. The number of furan rings is 1. The van der Waals surface area contributed by atoms with Crippen molar-refractivity contribution in [3.8, 4) is 11.3 Å². The summed E-state index contributed by atoms with van der Waals surface area (Å²) >= 11 is 0. The molecule has 0 aliphatic heterocycles. The Balaban J connectivity index is 2.32. The molecule has 0 radical (unpaired) electrons. The van der Waals surface area contributed by atoms with Crippen LogP contribution in [0.2, 0.25) is 0 Å². The Labute approximate surface area is 88.9 Å². The molecule has 0 aromatic carbocycles. The van der Waals surface area contributed by atoms with Gasteiger partial charge in [-0.1, -0.05) is 0 Å². The fraction of sp³-hybridized carbons (Fsp3) is 0.364. The highest BCUT2D eigenvalue weighted by molar-refractivity contribution is 5.59. The van der Waals surface area contributed by atoms with E-state index in [0.29, 0.717) is 0 Å². The Morgan fingerprint density at radius 1 is 1.47 bits per heavy atom. The summed E-state index contributed by atoms with van der Waals surface area (Å²) in [5.41, 5.74) is 2.04. The summed E-state index contributed by atoms with van der Waals surface area (Å²) in [5, 5.41) is 7.34. The summed E-state index contributed by atoms with van der Waals surface area (Å²) < 4.78 is 7.48. The SMILES string of the molecule is CNCc1ccc(-c2cn(C)nc2C)o1. The zero-order valence-electron chi connectivity index (χ0n) is 9.24. The lowest BCUT2D eigenvalue weighted by Crippen LogP contribution is -2.03. The molecule has 0 aliphatic rings. The minimum absolute atomic E-state index is 0.749. The Kier molecular flexibility index (Phi) is 2.60. The summed E-state index contributed by atoms with van der Waals surface area (Å²) in [5.74, 6) is 1.82. The number of hydrogen-bond donors (Lipinski definition) is 1. The lowest BCUT2D eigenvalue weighted by Gasteiger charge is -1.94. The van der Waals surface area contributed by atoms with Crippen molar-refractivity contribution in [2.75, 3.05) is 7.05 Å². The molecule has 0 fully saturated rings. The molecular weight excluding hydrogens is 190 g/mol. The molecule has 4 heteroatoms. The molecule has 80 valence electrons. The highest BCUT2D eigenvalue weighted by Gasteiger charge is 2.09. The van der Waals surface area contributed by atoms with E-state index in [1.807, 2.05) is 39.3 Å². The number of hydrogen-bond acceptors (Lipinski definition) is 3. The quantitative estimate of drug-likeness (QED) is 0.829. The van der Waals surface area contributed by atoms with E-state index in [2.05, 4.69) is 10.4 Å². The first-order valence-corrected chi connectivity index (χ1v) is 4.94. The topological polar surface area (TPSA) is 43.0 Å². The van der Waals surface area contributed by atoms with Crippen LogP contribution in [0.3, 0.4) is 0 Å². The van der Waals surface area contributed by atoms with Gasteiger partial charge >= 0.3 is 0 Å². The van der Waals surface area contributed by atoms with Gasteiger partial charge in [0.2, 0.25) is 0 Å². The average Bonchev–Trinajstić information content (AvgIpc) is 2.73. The first-order chi connectivity index (χ1) is 7.20. The summed E-state index contributed by atoms with van der Waals surface area (Å²) in [4.78, 5) is 0. The maximum atomic E-state index is 5.69. The van der Waals surface area contributed by atoms with Crippen LogP contribution >= 0.6 is 0 Å². The van der Waals surface area contributed by atoms with Gasteiger partial charge in [0.25, 0.3) is 0 Å². The van der Waals surface area contributed by atoms with Gasteiger partial charge in [-0.3, -0.25) is 4.68 Å². The van der Waals surface area contributed by atoms with Crippen molar-refractivity contribution in [1.82, 2.24) is 15.1 Å². The fourth-order valence-corrected chi connectivity index (χ4v) is 1.63. The third kappa shape index (κ3) is 1.94.